The van der Waals surface area contributed by atoms with E-state index < -0.39 is 5.82 Å². The molecule has 0 radical (unpaired) electrons. The molecule has 0 atom stereocenters. The Morgan fingerprint density at radius 3 is 2.43 bits per heavy atom. The van der Waals surface area contributed by atoms with Crippen molar-refractivity contribution in [2.24, 2.45) is 7.05 Å². The Hall–Kier alpha value is -4.53. The average Bonchev–Trinajstić information content (AvgIpc) is 3.52. The molecule has 0 bridgehead atoms. The van der Waals surface area contributed by atoms with E-state index in [2.05, 4.69) is 21.9 Å². The average molecular weight is 499 g/mol. The van der Waals surface area contributed by atoms with Gasteiger partial charge in [-0.05, 0) is 49.6 Å². The number of carbonyl (C=O) groups excluding carboxylic acids is 2. The third kappa shape index (κ3) is 4.33. The zero-order chi connectivity index (χ0) is 26.3. The molecule has 188 valence electrons. The zero-order valence-electron chi connectivity index (χ0n) is 20.7. The number of nitrogen functional groups attached to an aromatic ring is 1. The SMILES string of the molecule is C=C(C)C(=O)Nc1ccc(-c2c(-c3ccc(C(=O)N4CCCC4)cc3F)c3c(N)ncnc3n2C)cc1. The van der Waals surface area contributed by atoms with Crippen LogP contribution in [0.1, 0.15) is 30.1 Å². The predicted octanol–water partition coefficient (Wildman–Crippen LogP) is 4.77. The lowest BCUT2D eigenvalue weighted by molar-refractivity contribution is -0.112. The van der Waals surface area contributed by atoms with Crippen molar-refractivity contribution >= 4 is 34.4 Å². The van der Waals surface area contributed by atoms with E-state index in [1.165, 1.54) is 12.4 Å². The summed E-state index contributed by atoms with van der Waals surface area (Å²) in [5, 5.41) is 3.31. The third-order valence-corrected chi connectivity index (χ3v) is 6.68. The van der Waals surface area contributed by atoms with E-state index in [-0.39, 0.29) is 17.6 Å². The van der Waals surface area contributed by atoms with Crippen molar-refractivity contribution < 1.29 is 14.0 Å². The summed E-state index contributed by atoms with van der Waals surface area (Å²) in [7, 11) is 1.83. The number of carbonyl (C=O) groups is 2. The van der Waals surface area contributed by atoms with Gasteiger partial charge in [-0.3, -0.25) is 9.59 Å². The van der Waals surface area contributed by atoms with Crippen LogP contribution < -0.4 is 11.1 Å². The largest absolute Gasteiger partial charge is 0.383 e. The van der Waals surface area contributed by atoms with E-state index in [0.717, 1.165) is 18.4 Å². The van der Waals surface area contributed by atoms with E-state index in [9.17, 15) is 9.59 Å². The molecule has 0 unspecified atom stereocenters. The molecule has 1 saturated heterocycles. The molecule has 0 spiro atoms. The van der Waals surface area contributed by atoms with Gasteiger partial charge in [-0.1, -0.05) is 24.8 Å². The molecule has 37 heavy (non-hydrogen) atoms. The van der Waals surface area contributed by atoms with Gasteiger partial charge in [0.05, 0.1) is 11.1 Å². The molecule has 2 aromatic heterocycles. The van der Waals surface area contributed by atoms with Crippen molar-refractivity contribution in [3.8, 4) is 22.4 Å². The van der Waals surface area contributed by atoms with Crippen LogP contribution in [0, 0.1) is 5.82 Å². The van der Waals surface area contributed by atoms with E-state index in [4.69, 9.17) is 5.73 Å². The molecule has 3 heterocycles. The molecule has 9 heteroatoms. The van der Waals surface area contributed by atoms with Gasteiger partial charge in [-0.2, -0.15) is 0 Å². The van der Waals surface area contributed by atoms with Crippen LogP contribution in [-0.2, 0) is 11.8 Å². The highest BCUT2D eigenvalue weighted by Gasteiger charge is 2.26. The van der Waals surface area contributed by atoms with Crippen molar-refractivity contribution in [3.63, 3.8) is 0 Å². The lowest BCUT2D eigenvalue weighted by Gasteiger charge is -2.16. The van der Waals surface area contributed by atoms with Crippen LogP contribution in [0.25, 0.3) is 33.4 Å². The van der Waals surface area contributed by atoms with E-state index in [1.54, 1.807) is 36.1 Å². The number of nitrogens with zero attached hydrogens (tertiary/aromatic N) is 4. The molecule has 4 aromatic rings. The number of hydrogen-bond acceptors (Lipinski definition) is 5. The van der Waals surface area contributed by atoms with Crippen molar-refractivity contribution in [2.75, 3.05) is 24.1 Å². The summed E-state index contributed by atoms with van der Waals surface area (Å²) in [6, 6.07) is 11.7. The molecule has 1 fully saturated rings. The van der Waals surface area contributed by atoms with Crippen molar-refractivity contribution in [3.05, 3.63) is 72.3 Å². The van der Waals surface area contributed by atoms with Crippen molar-refractivity contribution in [1.29, 1.82) is 0 Å². The normalized spacial score (nSPS) is 13.2. The number of benzene rings is 2. The maximum Gasteiger partial charge on any atom is 0.253 e. The van der Waals surface area contributed by atoms with Crippen LogP contribution in [0.2, 0.25) is 0 Å². The number of anilines is 2. The zero-order valence-corrected chi connectivity index (χ0v) is 20.7. The fourth-order valence-corrected chi connectivity index (χ4v) is 4.78. The molecule has 5 rings (SSSR count). The Balaban J connectivity index is 1.63. The number of hydrogen-bond donors (Lipinski definition) is 2. The van der Waals surface area contributed by atoms with Gasteiger partial charge in [0.25, 0.3) is 11.8 Å². The summed E-state index contributed by atoms with van der Waals surface area (Å²) in [4.78, 5) is 35.1. The van der Waals surface area contributed by atoms with Gasteiger partial charge >= 0.3 is 0 Å². The highest BCUT2D eigenvalue weighted by atomic mass is 19.1. The summed E-state index contributed by atoms with van der Waals surface area (Å²) in [6.45, 7) is 6.66. The first kappa shape index (κ1) is 24.2. The second-order valence-electron chi connectivity index (χ2n) is 9.25. The van der Waals surface area contributed by atoms with Gasteiger partial charge in [0, 0.05) is 48.1 Å². The Bertz CT molecular complexity index is 1550. The smallest absolute Gasteiger partial charge is 0.253 e. The first-order valence-electron chi connectivity index (χ1n) is 12.0. The quantitative estimate of drug-likeness (QED) is 0.386. The summed E-state index contributed by atoms with van der Waals surface area (Å²) in [6.07, 6.45) is 3.29. The van der Waals surface area contributed by atoms with E-state index in [1.807, 2.05) is 23.7 Å². The van der Waals surface area contributed by atoms with Crippen LogP contribution in [0.15, 0.2) is 60.9 Å². The van der Waals surface area contributed by atoms with Gasteiger partial charge in [-0.25, -0.2) is 14.4 Å². The maximum absolute atomic E-state index is 15.7. The van der Waals surface area contributed by atoms with Gasteiger partial charge in [0.2, 0.25) is 0 Å². The van der Waals surface area contributed by atoms with Crippen LogP contribution in [-0.4, -0.2) is 44.3 Å². The van der Waals surface area contributed by atoms with Gasteiger partial charge in [-0.15, -0.1) is 0 Å². The molecule has 0 aliphatic carbocycles. The van der Waals surface area contributed by atoms with Crippen molar-refractivity contribution in [1.82, 2.24) is 19.4 Å². The highest BCUT2D eigenvalue weighted by molar-refractivity contribution is 6.08. The number of aromatic nitrogens is 3. The van der Waals surface area contributed by atoms with Crippen molar-refractivity contribution in [2.45, 2.75) is 19.8 Å². The summed E-state index contributed by atoms with van der Waals surface area (Å²) >= 11 is 0. The number of likely N-dealkylation sites (tertiary alicyclic amines) is 1. The first-order chi connectivity index (χ1) is 17.8. The number of nitrogens with two attached hydrogens (primary N) is 1. The van der Waals surface area contributed by atoms with Gasteiger partial charge < -0.3 is 20.5 Å². The highest BCUT2D eigenvalue weighted by Crippen LogP contribution is 2.42. The lowest BCUT2D eigenvalue weighted by Crippen LogP contribution is -2.27. The van der Waals surface area contributed by atoms with Gasteiger partial charge in [0.15, 0.2) is 0 Å². The number of amides is 2. The number of aryl methyl sites for hydroxylation is 1. The summed E-state index contributed by atoms with van der Waals surface area (Å²) < 4.78 is 17.6. The first-order valence-corrected chi connectivity index (χ1v) is 12.0. The molecular formula is C28H27FN6O2. The standard InChI is InChI=1S/C28H27FN6O2/c1-16(2)27(36)33-19-9-6-17(7-10-19)24-22(23-25(30)31-15-32-26(23)34(24)3)20-11-8-18(14-21(20)29)28(37)35-12-4-5-13-35/h6-11,14-15H,1,4-5,12-13H2,2-3H3,(H,33,36)(H2,30,31,32). The monoisotopic (exact) mass is 498 g/mol. The van der Waals surface area contributed by atoms with Crippen LogP contribution >= 0.6 is 0 Å². The molecular weight excluding hydrogens is 471 g/mol. The van der Waals surface area contributed by atoms with E-state index in [0.29, 0.717) is 57.8 Å². The number of rotatable bonds is 5. The molecule has 2 amide bonds. The van der Waals surface area contributed by atoms with Crippen LogP contribution in [0.3, 0.4) is 0 Å². The lowest BCUT2D eigenvalue weighted by atomic mass is 9.97. The topological polar surface area (TPSA) is 106 Å². The summed E-state index contributed by atoms with van der Waals surface area (Å²) in [5.41, 5.74) is 10.4. The molecule has 8 nitrogen and oxygen atoms in total. The second-order valence-corrected chi connectivity index (χ2v) is 9.25. The maximum atomic E-state index is 15.7. The Kier molecular flexibility index (Phi) is 6.20. The van der Waals surface area contributed by atoms with E-state index >= 15 is 4.39 Å². The Morgan fingerprint density at radius 1 is 1.08 bits per heavy atom. The number of halogens is 1. The minimum atomic E-state index is -0.535. The molecule has 3 N–H and O–H groups in total. The third-order valence-electron chi connectivity index (χ3n) is 6.68. The Morgan fingerprint density at radius 2 is 1.78 bits per heavy atom. The predicted molar refractivity (Wildman–Crippen MR) is 142 cm³/mol. The van der Waals surface area contributed by atoms with Gasteiger partial charge in [0.1, 0.15) is 23.6 Å². The summed E-state index contributed by atoms with van der Waals surface area (Å²) in [5.74, 6) is -0.751. The van der Waals surface area contributed by atoms with Crippen LogP contribution in [0.5, 0.6) is 0 Å². The molecule has 0 saturated carbocycles. The fourth-order valence-electron chi connectivity index (χ4n) is 4.78. The number of fused-ring (bicyclic) bond motifs is 1. The molecule has 1 aliphatic rings. The number of nitrogens with one attached hydrogen (secondary N) is 1. The second kappa shape index (κ2) is 9.50. The molecule has 1 aliphatic heterocycles. The Labute approximate surface area is 213 Å². The minimum absolute atomic E-state index is 0.170. The van der Waals surface area contributed by atoms with Crippen LogP contribution in [0.4, 0.5) is 15.9 Å². The molecule has 2 aromatic carbocycles. The minimum Gasteiger partial charge on any atom is -0.383 e. The fraction of sp³-hybridized carbons (Fsp3) is 0.214.